The summed E-state index contributed by atoms with van der Waals surface area (Å²) in [6, 6.07) is 5.07. The maximum Gasteiger partial charge on any atom is 0.416 e. The number of hydrogen-bond donors (Lipinski definition) is 1. The van der Waals surface area contributed by atoms with Crippen LogP contribution in [-0.4, -0.2) is 10.7 Å². The average Bonchev–Trinajstić information content (AvgIpc) is 2.28. The van der Waals surface area contributed by atoms with Crippen LogP contribution in [0.25, 0.3) is 0 Å². The van der Waals surface area contributed by atoms with Crippen molar-refractivity contribution in [2.75, 3.05) is 0 Å². The van der Waals surface area contributed by atoms with Crippen molar-refractivity contribution in [1.82, 2.24) is 0 Å². The Kier molecular flexibility index (Phi) is 5.41. The first-order chi connectivity index (χ1) is 8.80. The predicted molar refractivity (Wildman–Crippen MR) is 69.9 cm³/mol. The molecule has 1 rings (SSSR count). The Morgan fingerprint density at radius 3 is 1.79 bits per heavy atom. The molecule has 19 heavy (non-hydrogen) atoms. The molecule has 4 heteroatoms. The molecule has 0 amide bonds. The van der Waals surface area contributed by atoms with Gasteiger partial charge in [0.15, 0.2) is 0 Å². The largest absolute Gasteiger partial charge is 0.416 e. The van der Waals surface area contributed by atoms with Crippen LogP contribution in [0, 0.1) is 0 Å². The number of aliphatic hydroxyl groups is 1. The number of benzene rings is 1. The van der Waals surface area contributed by atoms with Crippen LogP contribution in [0.3, 0.4) is 0 Å². The standard InChI is InChI=1S/C15H21F3O/c1-3-9-14(19,10-4-2)11-12-5-7-13(8-6-12)15(16,17)18/h5-8,19H,3-4,9-11H2,1-2H3. The normalized spacial score (nSPS) is 12.7. The molecule has 0 saturated heterocycles. The molecule has 0 unspecified atom stereocenters. The zero-order valence-corrected chi connectivity index (χ0v) is 11.4. The van der Waals surface area contributed by atoms with Gasteiger partial charge < -0.3 is 5.11 Å². The van der Waals surface area contributed by atoms with Crippen LogP contribution in [0.2, 0.25) is 0 Å². The van der Waals surface area contributed by atoms with Gasteiger partial charge in [0.1, 0.15) is 0 Å². The molecule has 0 heterocycles. The fourth-order valence-corrected chi connectivity index (χ4v) is 2.42. The minimum Gasteiger partial charge on any atom is -0.390 e. The van der Waals surface area contributed by atoms with Crippen molar-refractivity contribution in [3.8, 4) is 0 Å². The average molecular weight is 274 g/mol. The van der Waals surface area contributed by atoms with E-state index in [1.54, 1.807) is 0 Å². The van der Waals surface area contributed by atoms with E-state index in [-0.39, 0.29) is 0 Å². The van der Waals surface area contributed by atoms with Crippen LogP contribution < -0.4 is 0 Å². The third-order valence-corrected chi connectivity index (χ3v) is 3.25. The van der Waals surface area contributed by atoms with Crippen LogP contribution >= 0.6 is 0 Å². The summed E-state index contributed by atoms with van der Waals surface area (Å²) in [5, 5.41) is 10.5. The van der Waals surface area contributed by atoms with Crippen molar-refractivity contribution >= 4 is 0 Å². The highest BCUT2D eigenvalue weighted by Gasteiger charge is 2.30. The summed E-state index contributed by atoms with van der Waals surface area (Å²) in [6.45, 7) is 3.99. The van der Waals surface area contributed by atoms with E-state index in [4.69, 9.17) is 0 Å². The van der Waals surface area contributed by atoms with Crippen molar-refractivity contribution in [1.29, 1.82) is 0 Å². The van der Waals surface area contributed by atoms with Crippen LogP contribution in [0.1, 0.15) is 50.7 Å². The van der Waals surface area contributed by atoms with E-state index in [0.29, 0.717) is 19.3 Å². The Bertz CT molecular complexity index is 375. The first kappa shape index (κ1) is 16.0. The second kappa shape index (κ2) is 6.42. The molecular formula is C15H21F3O. The van der Waals surface area contributed by atoms with Crippen molar-refractivity contribution in [2.45, 2.75) is 57.7 Å². The summed E-state index contributed by atoms with van der Waals surface area (Å²) in [4.78, 5) is 0. The molecule has 1 aromatic carbocycles. The van der Waals surface area contributed by atoms with Gasteiger partial charge in [-0.05, 0) is 30.5 Å². The smallest absolute Gasteiger partial charge is 0.390 e. The lowest BCUT2D eigenvalue weighted by Gasteiger charge is -2.27. The molecule has 0 fully saturated rings. The van der Waals surface area contributed by atoms with Gasteiger partial charge in [-0.3, -0.25) is 0 Å². The highest BCUT2D eigenvalue weighted by Crippen LogP contribution is 2.30. The molecular weight excluding hydrogens is 253 g/mol. The van der Waals surface area contributed by atoms with Crippen LogP contribution in [0.15, 0.2) is 24.3 Å². The van der Waals surface area contributed by atoms with E-state index in [0.717, 1.165) is 30.5 Å². The first-order valence-corrected chi connectivity index (χ1v) is 6.69. The summed E-state index contributed by atoms with van der Waals surface area (Å²) >= 11 is 0. The van der Waals surface area contributed by atoms with Gasteiger partial charge in [0, 0.05) is 6.42 Å². The molecule has 0 aliphatic carbocycles. The third-order valence-electron chi connectivity index (χ3n) is 3.25. The minimum atomic E-state index is -4.30. The van der Waals surface area contributed by atoms with E-state index in [9.17, 15) is 18.3 Å². The van der Waals surface area contributed by atoms with Gasteiger partial charge in [0.05, 0.1) is 11.2 Å². The Labute approximate surface area is 112 Å². The topological polar surface area (TPSA) is 20.2 Å². The summed E-state index contributed by atoms with van der Waals surface area (Å²) in [5.41, 5.74) is -0.702. The Morgan fingerprint density at radius 1 is 0.947 bits per heavy atom. The quantitative estimate of drug-likeness (QED) is 0.805. The maximum absolute atomic E-state index is 12.4. The highest BCUT2D eigenvalue weighted by atomic mass is 19.4. The zero-order chi connectivity index (χ0) is 14.5. The number of rotatable bonds is 6. The van der Waals surface area contributed by atoms with Gasteiger partial charge in [0.25, 0.3) is 0 Å². The van der Waals surface area contributed by atoms with E-state index in [1.807, 2.05) is 13.8 Å². The van der Waals surface area contributed by atoms with Gasteiger partial charge in [-0.15, -0.1) is 0 Å². The van der Waals surface area contributed by atoms with E-state index >= 15 is 0 Å². The SMILES string of the molecule is CCCC(O)(CCC)Cc1ccc(C(F)(F)F)cc1. The molecule has 0 spiro atoms. The molecule has 0 aliphatic rings. The summed E-state index contributed by atoms with van der Waals surface area (Å²) in [6.07, 6.45) is -0.841. The first-order valence-electron chi connectivity index (χ1n) is 6.69. The fourth-order valence-electron chi connectivity index (χ4n) is 2.42. The van der Waals surface area contributed by atoms with Crippen molar-refractivity contribution in [2.24, 2.45) is 0 Å². The molecule has 0 bridgehead atoms. The highest BCUT2D eigenvalue weighted by molar-refractivity contribution is 5.25. The number of alkyl halides is 3. The molecule has 0 aromatic heterocycles. The lowest BCUT2D eigenvalue weighted by atomic mass is 9.86. The molecule has 1 N–H and O–H groups in total. The van der Waals surface area contributed by atoms with Crippen molar-refractivity contribution < 1.29 is 18.3 Å². The summed E-state index contributed by atoms with van der Waals surface area (Å²) in [5.74, 6) is 0. The molecule has 1 aromatic rings. The molecule has 0 aliphatic heterocycles. The van der Waals surface area contributed by atoms with Crippen LogP contribution in [-0.2, 0) is 12.6 Å². The summed E-state index contributed by atoms with van der Waals surface area (Å²) in [7, 11) is 0. The zero-order valence-electron chi connectivity index (χ0n) is 11.4. The molecule has 0 atom stereocenters. The molecule has 0 radical (unpaired) electrons. The van der Waals surface area contributed by atoms with E-state index < -0.39 is 17.3 Å². The van der Waals surface area contributed by atoms with Gasteiger partial charge in [-0.25, -0.2) is 0 Å². The second-order valence-corrected chi connectivity index (χ2v) is 5.10. The van der Waals surface area contributed by atoms with Gasteiger partial charge in [-0.1, -0.05) is 38.8 Å². The minimum absolute atomic E-state index is 0.410. The van der Waals surface area contributed by atoms with Crippen LogP contribution in [0.4, 0.5) is 13.2 Å². The fraction of sp³-hybridized carbons (Fsp3) is 0.600. The number of hydrogen-bond acceptors (Lipinski definition) is 1. The third kappa shape index (κ3) is 4.86. The predicted octanol–water partition coefficient (Wildman–Crippen LogP) is 4.58. The Balaban J connectivity index is 2.81. The van der Waals surface area contributed by atoms with Crippen molar-refractivity contribution in [3.63, 3.8) is 0 Å². The Hall–Kier alpha value is -1.03. The van der Waals surface area contributed by atoms with Gasteiger partial charge in [0.2, 0.25) is 0 Å². The Morgan fingerprint density at radius 2 is 1.42 bits per heavy atom. The summed E-state index contributed by atoms with van der Waals surface area (Å²) < 4.78 is 37.3. The van der Waals surface area contributed by atoms with E-state index in [2.05, 4.69) is 0 Å². The lowest BCUT2D eigenvalue weighted by molar-refractivity contribution is -0.137. The van der Waals surface area contributed by atoms with E-state index in [1.165, 1.54) is 12.1 Å². The van der Waals surface area contributed by atoms with Crippen LogP contribution in [0.5, 0.6) is 0 Å². The molecule has 1 nitrogen and oxygen atoms in total. The monoisotopic (exact) mass is 274 g/mol. The van der Waals surface area contributed by atoms with Crippen molar-refractivity contribution in [3.05, 3.63) is 35.4 Å². The lowest BCUT2D eigenvalue weighted by Crippen LogP contribution is -2.31. The molecule has 108 valence electrons. The van der Waals surface area contributed by atoms with Gasteiger partial charge >= 0.3 is 6.18 Å². The molecule has 0 saturated carbocycles. The number of halogens is 3. The second-order valence-electron chi connectivity index (χ2n) is 5.10. The maximum atomic E-state index is 12.4. The van der Waals surface area contributed by atoms with Gasteiger partial charge in [-0.2, -0.15) is 13.2 Å².